The van der Waals surface area contributed by atoms with Gasteiger partial charge in [0.15, 0.2) is 0 Å². The molecule has 0 bridgehead atoms. The SMILES string of the molecule is NC1(c2cn(-c3ccccc3)nn2)CCCCC1. The van der Waals surface area contributed by atoms with Gasteiger partial charge in [-0.25, -0.2) is 4.68 Å². The summed E-state index contributed by atoms with van der Waals surface area (Å²) in [6, 6.07) is 10.0. The summed E-state index contributed by atoms with van der Waals surface area (Å²) in [5.41, 5.74) is 8.13. The maximum absolute atomic E-state index is 6.46. The molecule has 4 heteroatoms. The third-order valence-electron chi connectivity index (χ3n) is 3.77. The van der Waals surface area contributed by atoms with Crippen LogP contribution in [0, 0.1) is 0 Å². The van der Waals surface area contributed by atoms with Crippen molar-refractivity contribution in [3.05, 3.63) is 42.2 Å². The van der Waals surface area contributed by atoms with Crippen molar-refractivity contribution in [2.75, 3.05) is 0 Å². The average molecular weight is 242 g/mol. The first-order chi connectivity index (χ1) is 8.78. The Bertz CT molecular complexity index is 512. The van der Waals surface area contributed by atoms with E-state index in [1.54, 1.807) is 4.68 Å². The van der Waals surface area contributed by atoms with E-state index in [-0.39, 0.29) is 5.54 Å². The summed E-state index contributed by atoms with van der Waals surface area (Å²) in [5, 5.41) is 8.47. The number of nitrogens with zero attached hydrogens (tertiary/aromatic N) is 3. The second-order valence-electron chi connectivity index (χ2n) is 5.10. The number of para-hydroxylation sites is 1. The first-order valence-corrected chi connectivity index (χ1v) is 6.55. The predicted molar refractivity (Wildman–Crippen MR) is 70.3 cm³/mol. The molecule has 1 aromatic carbocycles. The van der Waals surface area contributed by atoms with E-state index in [9.17, 15) is 0 Å². The normalized spacial score (nSPS) is 18.7. The minimum Gasteiger partial charge on any atom is -0.320 e. The van der Waals surface area contributed by atoms with Crippen molar-refractivity contribution in [3.8, 4) is 5.69 Å². The smallest absolute Gasteiger partial charge is 0.103 e. The number of hydrogen-bond acceptors (Lipinski definition) is 3. The van der Waals surface area contributed by atoms with Crippen LogP contribution in [0.1, 0.15) is 37.8 Å². The third kappa shape index (κ3) is 2.04. The van der Waals surface area contributed by atoms with Crippen LogP contribution in [0.5, 0.6) is 0 Å². The standard InChI is InChI=1S/C14H18N4/c15-14(9-5-2-6-10-14)13-11-18(17-16-13)12-7-3-1-4-8-12/h1,3-4,7-8,11H,2,5-6,9-10,15H2. The van der Waals surface area contributed by atoms with E-state index in [1.807, 2.05) is 36.5 Å². The number of hydrogen-bond donors (Lipinski definition) is 1. The zero-order valence-corrected chi connectivity index (χ0v) is 10.4. The van der Waals surface area contributed by atoms with Crippen LogP contribution < -0.4 is 5.73 Å². The van der Waals surface area contributed by atoms with Gasteiger partial charge < -0.3 is 5.73 Å². The molecule has 4 nitrogen and oxygen atoms in total. The molecule has 2 aromatic rings. The molecule has 0 saturated heterocycles. The molecule has 0 aliphatic heterocycles. The van der Waals surface area contributed by atoms with Gasteiger partial charge in [0.1, 0.15) is 5.69 Å². The molecule has 2 N–H and O–H groups in total. The molecule has 0 amide bonds. The molecule has 1 fully saturated rings. The first kappa shape index (κ1) is 11.4. The number of rotatable bonds is 2. The first-order valence-electron chi connectivity index (χ1n) is 6.55. The summed E-state index contributed by atoms with van der Waals surface area (Å²) in [5.74, 6) is 0. The molecular formula is C14H18N4. The maximum atomic E-state index is 6.46. The Morgan fingerprint density at radius 3 is 2.50 bits per heavy atom. The van der Waals surface area contributed by atoms with Crippen molar-refractivity contribution in [1.82, 2.24) is 15.0 Å². The molecule has 0 atom stereocenters. The summed E-state index contributed by atoms with van der Waals surface area (Å²) in [6.07, 6.45) is 7.66. The molecule has 1 heterocycles. The third-order valence-corrected chi connectivity index (χ3v) is 3.77. The van der Waals surface area contributed by atoms with Gasteiger partial charge in [0, 0.05) is 0 Å². The Kier molecular flexibility index (Phi) is 2.88. The van der Waals surface area contributed by atoms with Crippen LogP contribution >= 0.6 is 0 Å². The van der Waals surface area contributed by atoms with Gasteiger partial charge >= 0.3 is 0 Å². The minimum absolute atomic E-state index is 0.273. The van der Waals surface area contributed by atoms with Gasteiger partial charge in [0.05, 0.1) is 17.4 Å². The van der Waals surface area contributed by atoms with Crippen LogP contribution in [0.25, 0.3) is 5.69 Å². The van der Waals surface area contributed by atoms with Crippen LogP contribution in [0.4, 0.5) is 0 Å². The Labute approximate surface area is 107 Å². The summed E-state index contributed by atoms with van der Waals surface area (Å²) in [4.78, 5) is 0. The Morgan fingerprint density at radius 2 is 1.78 bits per heavy atom. The van der Waals surface area contributed by atoms with E-state index in [0.29, 0.717) is 0 Å². The predicted octanol–water partition coefficient (Wildman–Crippen LogP) is 2.39. The lowest BCUT2D eigenvalue weighted by Crippen LogP contribution is -2.39. The van der Waals surface area contributed by atoms with Crippen LogP contribution in [0.2, 0.25) is 0 Å². The van der Waals surface area contributed by atoms with E-state index in [0.717, 1.165) is 24.2 Å². The highest BCUT2D eigenvalue weighted by atomic mass is 15.4. The molecule has 0 radical (unpaired) electrons. The number of benzene rings is 1. The van der Waals surface area contributed by atoms with Crippen molar-refractivity contribution in [2.45, 2.75) is 37.6 Å². The topological polar surface area (TPSA) is 56.7 Å². The second kappa shape index (κ2) is 4.53. The largest absolute Gasteiger partial charge is 0.320 e. The van der Waals surface area contributed by atoms with Gasteiger partial charge in [-0.2, -0.15) is 0 Å². The van der Waals surface area contributed by atoms with Crippen molar-refractivity contribution in [1.29, 1.82) is 0 Å². The lowest BCUT2D eigenvalue weighted by Gasteiger charge is -2.31. The molecule has 1 aliphatic carbocycles. The van der Waals surface area contributed by atoms with Crippen molar-refractivity contribution >= 4 is 0 Å². The van der Waals surface area contributed by atoms with Crippen LogP contribution in [0.3, 0.4) is 0 Å². The van der Waals surface area contributed by atoms with E-state index < -0.39 is 0 Å². The van der Waals surface area contributed by atoms with Gasteiger partial charge in [-0.3, -0.25) is 0 Å². The van der Waals surface area contributed by atoms with E-state index in [2.05, 4.69) is 10.3 Å². The second-order valence-corrected chi connectivity index (χ2v) is 5.10. The molecule has 1 aromatic heterocycles. The maximum Gasteiger partial charge on any atom is 0.103 e. The van der Waals surface area contributed by atoms with Gasteiger partial charge in [0.2, 0.25) is 0 Å². The zero-order valence-electron chi connectivity index (χ0n) is 10.4. The summed E-state index contributed by atoms with van der Waals surface area (Å²) in [6.45, 7) is 0. The molecule has 0 unspecified atom stereocenters. The highest BCUT2D eigenvalue weighted by molar-refractivity contribution is 5.30. The quantitative estimate of drug-likeness (QED) is 0.879. The highest BCUT2D eigenvalue weighted by Crippen LogP contribution is 2.33. The Balaban J connectivity index is 1.89. The van der Waals surface area contributed by atoms with Gasteiger partial charge in [-0.1, -0.05) is 42.7 Å². The van der Waals surface area contributed by atoms with Crippen LogP contribution in [0.15, 0.2) is 36.5 Å². The van der Waals surface area contributed by atoms with Gasteiger partial charge in [-0.15, -0.1) is 5.10 Å². The molecule has 0 spiro atoms. The van der Waals surface area contributed by atoms with E-state index in [4.69, 9.17) is 5.73 Å². The molecule has 94 valence electrons. The highest BCUT2D eigenvalue weighted by Gasteiger charge is 2.32. The van der Waals surface area contributed by atoms with E-state index in [1.165, 1.54) is 19.3 Å². The zero-order chi connectivity index (χ0) is 12.4. The van der Waals surface area contributed by atoms with Crippen molar-refractivity contribution in [2.24, 2.45) is 5.73 Å². The minimum atomic E-state index is -0.273. The number of aromatic nitrogens is 3. The molecule has 18 heavy (non-hydrogen) atoms. The van der Waals surface area contributed by atoms with Crippen LogP contribution in [-0.2, 0) is 5.54 Å². The van der Waals surface area contributed by atoms with Gasteiger partial charge in [-0.05, 0) is 25.0 Å². The fourth-order valence-corrected chi connectivity index (χ4v) is 2.64. The number of nitrogens with two attached hydrogens (primary N) is 1. The molecule has 3 rings (SSSR count). The lowest BCUT2D eigenvalue weighted by atomic mass is 9.80. The van der Waals surface area contributed by atoms with Gasteiger partial charge in [0.25, 0.3) is 0 Å². The summed E-state index contributed by atoms with van der Waals surface area (Å²) in [7, 11) is 0. The monoisotopic (exact) mass is 242 g/mol. The molecule has 1 saturated carbocycles. The fraction of sp³-hybridized carbons (Fsp3) is 0.429. The van der Waals surface area contributed by atoms with Crippen molar-refractivity contribution < 1.29 is 0 Å². The molecule has 1 aliphatic rings. The van der Waals surface area contributed by atoms with Crippen LogP contribution in [-0.4, -0.2) is 15.0 Å². The summed E-state index contributed by atoms with van der Waals surface area (Å²) >= 11 is 0. The Morgan fingerprint density at radius 1 is 1.06 bits per heavy atom. The summed E-state index contributed by atoms with van der Waals surface area (Å²) < 4.78 is 1.80. The van der Waals surface area contributed by atoms with E-state index >= 15 is 0 Å². The van der Waals surface area contributed by atoms with Crippen molar-refractivity contribution in [3.63, 3.8) is 0 Å². The molecular weight excluding hydrogens is 224 g/mol. The fourth-order valence-electron chi connectivity index (χ4n) is 2.64. The average Bonchev–Trinajstić information content (AvgIpc) is 2.91. The lowest BCUT2D eigenvalue weighted by molar-refractivity contribution is 0.295. The Hall–Kier alpha value is -1.68.